The number of rotatable bonds is 16. The zero-order valence-electron chi connectivity index (χ0n) is 44.1. The van der Waals surface area contributed by atoms with Crippen LogP contribution in [0, 0.1) is 0 Å². The van der Waals surface area contributed by atoms with Crippen molar-refractivity contribution in [2.24, 2.45) is 0 Å². The minimum Gasteiger partial charge on any atom is -0.462 e. The summed E-state index contributed by atoms with van der Waals surface area (Å²) in [6.07, 6.45) is 0. The van der Waals surface area contributed by atoms with Gasteiger partial charge in [-0.3, -0.25) is 0 Å². The van der Waals surface area contributed by atoms with E-state index in [1.54, 1.807) is 13.8 Å². The monoisotopic (exact) mass is 980 g/mol. The molecule has 9 rings (SSSR count). The fourth-order valence-electron chi connectivity index (χ4n) is 9.54. The van der Waals surface area contributed by atoms with E-state index in [1.807, 2.05) is 56.4 Å². The van der Waals surface area contributed by atoms with Gasteiger partial charge in [-0.05, 0) is 192 Å². The molecule has 374 valence electrons. The van der Waals surface area contributed by atoms with Gasteiger partial charge in [-0.15, -0.1) is 0 Å². The first-order valence-electron chi connectivity index (χ1n) is 25.0. The Morgan fingerprint density at radius 2 is 0.541 bits per heavy atom. The Kier molecular flexibility index (Phi) is 14.6. The zero-order valence-corrected chi connectivity index (χ0v) is 44.1. The van der Waals surface area contributed by atoms with Crippen LogP contribution in [0.1, 0.15) is 25.0 Å². The number of ether oxygens (including phenoxy) is 2. The van der Waals surface area contributed by atoms with Crippen molar-refractivity contribution >= 4 is 74.4 Å². The first kappa shape index (κ1) is 50.2. The molecule has 74 heavy (non-hydrogen) atoms. The summed E-state index contributed by atoms with van der Waals surface area (Å²) in [6.45, 7) is 3.67. The normalized spacial score (nSPS) is 11.3. The van der Waals surface area contributed by atoms with Crippen molar-refractivity contribution in [2.45, 2.75) is 13.8 Å². The predicted molar refractivity (Wildman–Crippen MR) is 309 cm³/mol. The highest BCUT2D eigenvalue weighted by atomic mass is 16.6. The highest BCUT2D eigenvalue weighted by molar-refractivity contribution is 6.25. The van der Waals surface area contributed by atoms with Crippen molar-refractivity contribution in [3.05, 3.63) is 199 Å². The number of hydrogen-bond donors (Lipinski definition) is 0. The third-order valence-corrected chi connectivity index (χ3v) is 13.5. The van der Waals surface area contributed by atoms with E-state index in [9.17, 15) is 9.59 Å². The van der Waals surface area contributed by atoms with Crippen molar-refractivity contribution in [3.63, 3.8) is 0 Å². The minimum atomic E-state index is -0.723. The quantitative estimate of drug-likeness (QED) is 0.0405. The summed E-state index contributed by atoms with van der Waals surface area (Å²) < 4.78 is 11.2. The molecule has 0 radical (unpaired) electrons. The van der Waals surface area contributed by atoms with E-state index in [2.05, 4.69) is 211 Å². The summed E-state index contributed by atoms with van der Waals surface area (Å²) in [5.74, 6) is -1.45. The molecular weight excluding hydrogens is 917 g/mol. The van der Waals surface area contributed by atoms with Gasteiger partial charge in [-0.1, -0.05) is 48.5 Å². The second kappa shape index (κ2) is 21.5. The molecule has 1 aliphatic rings. The number of carbonyl (C=O) groups excluding carboxylic acids is 2. The van der Waals surface area contributed by atoms with Crippen molar-refractivity contribution in [2.75, 3.05) is 99.0 Å². The maximum atomic E-state index is 14.1. The molecular formula is C64H64N6O4. The van der Waals surface area contributed by atoms with E-state index in [0.29, 0.717) is 5.57 Å². The fraction of sp³-hybridized carbons (Fsp3) is 0.188. The standard InChI is InChI=1S/C64H64N6O4/c1-11-73-63(71)62(64(72)74-12-2)61-59-41-45(43-13-19-51(20-14-43)69(53-31-23-47(24-32-53)65(3)4)54-33-25-48(26-34-54)66(5)6)17-39-57(59)58-40-18-46(42-60(58)61)44-15-21-52(22-16-44)70(55-35-27-49(28-36-55)67(7)8)56-37-29-50(30-38-56)68(9)10/h13-42H,11-12H2,1-10H3. The van der Waals surface area contributed by atoms with E-state index in [4.69, 9.17) is 9.47 Å². The van der Waals surface area contributed by atoms with Crippen LogP contribution in [0.2, 0.25) is 0 Å². The van der Waals surface area contributed by atoms with Gasteiger partial charge in [0.2, 0.25) is 0 Å². The lowest BCUT2D eigenvalue weighted by atomic mass is 9.93. The lowest BCUT2D eigenvalue weighted by Crippen LogP contribution is -2.20. The van der Waals surface area contributed by atoms with Crippen molar-refractivity contribution in [1.82, 2.24) is 0 Å². The maximum Gasteiger partial charge on any atom is 0.346 e. The molecule has 8 aromatic carbocycles. The Bertz CT molecular complexity index is 2980. The van der Waals surface area contributed by atoms with E-state index in [0.717, 1.165) is 101 Å². The highest BCUT2D eigenvalue weighted by Crippen LogP contribution is 2.49. The Hall–Kier alpha value is -8.76. The van der Waals surface area contributed by atoms with Crippen LogP contribution in [-0.4, -0.2) is 81.5 Å². The minimum absolute atomic E-state index is 0.0979. The lowest BCUT2D eigenvalue weighted by molar-refractivity contribution is -0.146. The van der Waals surface area contributed by atoms with Crippen molar-refractivity contribution in [3.8, 4) is 33.4 Å². The van der Waals surface area contributed by atoms with E-state index in [-0.39, 0.29) is 18.8 Å². The Balaban J connectivity index is 1.10. The molecule has 0 saturated carbocycles. The molecule has 0 N–H and O–H groups in total. The van der Waals surface area contributed by atoms with Gasteiger partial charge >= 0.3 is 11.9 Å². The van der Waals surface area contributed by atoms with Crippen LogP contribution in [-0.2, 0) is 19.1 Å². The van der Waals surface area contributed by atoms with E-state index in [1.165, 1.54) is 0 Å². The summed E-state index contributed by atoms with van der Waals surface area (Å²) in [4.78, 5) is 41.0. The van der Waals surface area contributed by atoms with Crippen LogP contribution in [0.4, 0.5) is 56.9 Å². The Labute approximate surface area is 436 Å². The third-order valence-electron chi connectivity index (χ3n) is 13.5. The molecule has 1 aliphatic carbocycles. The van der Waals surface area contributed by atoms with Crippen LogP contribution >= 0.6 is 0 Å². The molecule has 0 aromatic heterocycles. The highest BCUT2D eigenvalue weighted by Gasteiger charge is 2.34. The summed E-state index contributed by atoms with van der Waals surface area (Å²) in [6, 6.07) is 63.8. The fourth-order valence-corrected chi connectivity index (χ4v) is 9.54. The van der Waals surface area contributed by atoms with E-state index < -0.39 is 11.9 Å². The second-order valence-electron chi connectivity index (χ2n) is 19.1. The average molecular weight is 981 g/mol. The number of benzene rings is 8. The van der Waals surface area contributed by atoms with Gasteiger partial charge in [0.25, 0.3) is 0 Å². The van der Waals surface area contributed by atoms with Gasteiger partial charge < -0.3 is 38.9 Å². The molecule has 10 nitrogen and oxygen atoms in total. The predicted octanol–water partition coefficient (Wildman–Crippen LogP) is 14.1. The van der Waals surface area contributed by atoms with Gasteiger partial charge in [0.15, 0.2) is 5.57 Å². The van der Waals surface area contributed by atoms with Gasteiger partial charge in [-0.2, -0.15) is 0 Å². The molecule has 0 aliphatic heterocycles. The van der Waals surface area contributed by atoms with Gasteiger partial charge in [0, 0.05) is 119 Å². The van der Waals surface area contributed by atoms with Gasteiger partial charge in [-0.25, -0.2) is 9.59 Å². The van der Waals surface area contributed by atoms with Crippen LogP contribution < -0.4 is 29.4 Å². The molecule has 0 heterocycles. The molecule has 10 heteroatoms. The Morgan fingerprint density at radius 1 is 0.311 bits per heavy atom. The number of hydrogen-bond acceptors (Lipinski definition) is 10. The maximum absolute atomic E-state index is 14.1. The molecule has 0 saturated heterocycles. The first-order valence-corrected chi connectivity index (χ1v) is 25.0. The molecule has 0 fully saturated rings. The summed E-state index contributed by atoms with van der Waals surface area (Å²) in [7, 11) is 16.3. The van der Waals surface area contributed by atoms with E-state index >= 15 is 0 Å². The number of carbonyl (C=O) groups is 2. The number of nitrogens with zero attached hydrogens (tertiary/aromatic N) is 6. The number of esters is 2. The summed E-state index contributed by atoms with van der Waals surface area (Å²) in [5, 5.41) is 0. The summed E-state index contributed by atoms with van der Waals surface area (Å²) >= 11 is 0. The van der Waals surface area contributed by atoms with Crippen LogP contribution in [0.15, 0.2) is 188 Å². The second-order valence-corrected chi connectivity index (χ2v) is 19.1. The SMILES string of the molecule is CCOC(=O)C(C(=O)OCC)=C1c2cc(-c3ccc(N(c4ccc(N(C)C)cc4)c4ccc(N(C)C)cc4)cc3)ccc2-c2ccc(-c3ccc(N(c4ccc(N(C)C)cc4)c4ccc(N(C)C)cc4)cc3)cc21. The topological polar surface area (TPSA) is 72.0 Å². The van der Waals surface area contributed by atoms with Gasteiger partial charge in [0.1, 0.15) is 0 Å². The molecule has 0 atom stereocenters. The molecule has 0 spiro atoms. The lowest BCUT2D eigenvalue weighted by Gasteiger charge is -2.27. The van der Waals surface area contributed by atoms with Crippen molar-refractivity contribution in [1.29, 1.82) is 0 Å². The van der Waals surface area contributed by atoms with Crippen LogP contribution in [0.3, 0.4) is 0 Å². The average Bonchev–Trinajstić information content (AvgIpc) is 3.72. The first-order chi connectivity index (χ1) is 35.7. The van der Waals surface area contributed by atoms with Crippen molar-refractivity contribution < 1.29 is 19.1 Å². The summed E-state index contributed by atoms with van der Waals surface area (Å²) in [5.41, 5.74) is 18.1. The molecule has 0 unspecified atom stereocenters. The number of anilines is 10. The third kappa shape index (κ3) is 10.2. The van der Waals surface area contributed by atoms with Crippen LogP contribution in [0.5, 0.6) is 0 Å². The molecule has 8 aromatic rings. The molecule has 0 amide bonds. The molecule has 0 bridgehead atoms. The van der Waals surface area contributed by atoms with Crippen LogP contribution in [0.25, 0.3) is 39.0 Å². The largest absolute Gasteiger partial charge is 0.462 e. The van der Waals surface area contributed by atoms with Gasteiger partial charge in [0.05, 0.1) is 13.2 Å². The Morgan fingerprint density at radius 3 is 0.784 bits per heavy atom. The zero-order chi connectivity index (χ0) is 52.2. The number of fused-ring (bicyclic) bond motifs is 3. The smallest absolute Gasteiger partial charge is 0.346 e.